The summed E-state index contributed by atoms with van der Waals surface area (Å²) in [6.45, 7) is 4.01. The maximum atomic E-state index is 12.1. The van der Waals surface area contributed by atoms with Crippen LogP contribution >= 0.6 is 0 Å². The molecule has 0 rings (SSSR count). The molecule has 0 unspecified atom stereocenters. The van der Waals surface area contributed by atoms with Gasteiger partial charge >= 0.3 is 0 Å². The Hall–Kier alpha value is -2.99. The van der Waals surface area contributed by atoms with Gasteiger partial charge < -0.3 is 15.5 Å². The lowest BCUT2D eigenvalue weighted by Gasteiger charge is -2.17. The number of carbonyl (C=O) groups is 2. The highest BCUT2D eigenvalue weighted by molar-refractivity contribution is 5.85. The minimum atomic E-state index is -0.0917. The molecule has 0 fully saturated rings. The molecule has 0 aliphatic heterocycles. The van der Waals surface area contributed by atoms with Gasteiger partial charge in [0.1, 0.15) is 5.78 Å². The fourth-order valence-electron chi connectivity index (χ4n) is 3.64. The number of nitrogens with two attached hydrogens (primary N) is 1. The van der Waals surface area contributed by atoms with E-state index in [1.807, 2.05) is 7.05 Å². The Morgan fingerprint density at radius 2 is 1.05 bits per heavy atom. The number of carbonyl (C=O) groups excluding carboxylic acids is 2. The van der Waals surface area contributed by atoms with Crippen LogP contribution in [0.4, 0.5) is 0 Å². The fourth-order valence-corrected chi connectivity index (χ4v) is 3.64. The van der Waals surface area contributed by atoms with E-state index in [1.165, 1.54) is 4.90 Å². The van der Waals surface area contributed by atoms with Crippen molar-refractivity contribution >= 4 is 17.5 Å². The van der Waals surface area contributed by atoms with Gasteiger partial charge in [-0.05, 0) is 77.9 Å². The van der Waals surface area contributed by atoms with E-state index in [1.54, 1.807) is 7.05 Å². The zero-order chi connectivity index (χ0) is 29.0. The molecule has 0 spiro atoms. The zero-order valence-electron chi connectivity index (χ0n) is 24.8. The first-order valence-corrected chi connectivity index (χ1v) is 14.5. The third kappa shape index (κ3) is 26.4. The Morgan fingerprint density at radius 1 is 0.641 bits per heavy atom. The van der Waals surface area contributed by atoms with E-state index in [0.717, 1.165) is 70.9 Å². The van der Waals surface area contributed by atoms with Crippen LogP contribution in [0.15, 0.2) is 72.9 Å². The van der Waals surface area contributed by atoms with E-state index in [0.29, 0.717) is 25.0 Å². The SMILES string of the molecule is CC/C=C\C/C=C\C/C=C\C/C=C\C/C=C\C/C=C\CCC(=O)CCCN(C)CCCC(=O)CN(C)C(=N)N. The van der Waals surface area contributed by atoms with Crippen LogP contribution in [0.2, 0.25) is 0 Å². The summed E-state index contributed by atoms with van der Waals surface area (Å²) in [7, 11) is 3.67. The molecule has 0 saturated carbocycles. The quantitative estimate of drug-likeness (QED) is 0.0791. The highest BCUT2D eigenvalue weighted by Crippen LogP contribution is 2.04. The summed E-state index contributed by atoms with van der Waals surface area (Å²) in [6, 6.07) is 0. The minimum absolute atomic E-state index is 0.0886. The molecule has 0 atom stereocenters. The number of likely N-dealkylation sites (N-methyl/N-ethyl adjacent to an activating group) is 1. The molecule has 0 radical (unpaired) electrons. The van der Waals surface area contributed by atoms with Gasteiger partial charge in [0.15, 0.2) is 11.7 Å². The summed E-state index contributed by atoms with van der Waals surface area (Å²) in [6.07, 6.45) is 36.3. The summed E-state index contributed by atoms with van der Waals surface area (Å²) < 4.78 is 0. The molecule has 0 aromatic rings. The lowest BCUT2D eigenvalue weighted by Crippen LogP contribution is -2.36. The average Bonchev–Trinajstić information content (AvgIpc) is 2.89. The van der Waals surface area contributed by atoms with Crippen LogP contribution < -0.4 is 5.73 Å². The highest BCUT2D eigenvalue weighted by atomic mass is 16.1. The molecule has 3 N–H and O–H groups in total. The molecule has 0 aromatic carbocycles. The number of ketones is 2. The van der Waals surface area contributed by atoms with Crippen molar-refractivity contribution in [2.45, 2.75) is 84.0 Å². The van der Waals surface area contributed by atoms with Gasteiger partial charge in [0.25, 0.3) is 0 Å². The molecular weight excluding hydrogens is 484 g/mol. The van der Waals surface area contributed by atoms with Gasteiger partial charge in [-0.2, -0.15) is 0 Å². The molecule has 0 amide bonds. The number of hydrogen-bond donors (Lipinski definition) is 2. The Kier molecular flexibility index (Phi) is 24.6. The zero-order valence-corrected chi connectivity index (χ0v) is 24.8. The Balaban J connectivity index is 3.69. The maximum absolute atomic E-state index is 12.1. The Bertz CT molecular complexity index is 837. The summed E-state index contributed by atoms with van der Waals surface area (Å²) in [5.74, 6) is 0.307. The molecule has 218 valence electrons. The monoisotopic (exact) mass is 538 g/mol. The van der Waals surface area contributed by atoms with Crippen LogP contribution in [0.25, 0.3) is 0 Å². The van der Waals surface area contributed by atoms with Crippen molar-refractivity contribution in [1.29, 1.82) is 5.41 Å². The largest absolute Gasteiger partial charge is 0.370 e. The van der Waals surface area contributed by atoms with Crippen molar-refractivity contribution in [3.8, 4) is 0 Å². The lowest BCUT2D eigenvalue weighted by atomic mass is 10.1. The third-order valence-electron chi connectivity index (χ3n) is 6.00. The summed E-state index contributed by atoms with van der Waals surface area (Å²) >= 11 is 0. The van der Waals surface area contributed by atoms with Gasteiger partial charge in [-0.15, -0.1) is 0 Å². The number of rotatable bonds is 24. The number of nitrogens with one attached hydrogen (secondary N) is 1. The molecule has 6 heteroatoms. The van der Waals surface area contributed by atoms with Crippen LogP contribution in [0, 0.1) is 5.41 Å². The molecule has 0 aliphatic rings. The van der Waals surface area contributed by atoms with E-state index < -0.39 is 0 Å². The van der Waals surface area contributed by atoms with Gasteiger partial charge in [-0.1, -0.05) is 79.8 Å². The first-order valence-electron chi connectivity index (χ1n) is 14.5. The summed E-state index contributed by atoms with van der Waals surface area (Å²) in [5, 5.41) is 7.30. The molecule has 0 aromatic heterocycles. The van der Waals surface area contributed by atoms with Crippen LogP contribution in [0.5, 0.6) is 0 Å². The molecular formula is C33H54N4O2. The number of guanidine groups is 1. The molecule has 0 aliphatic carbocycles. The van der Waals surface area contributed by atoms with Crippen LogP contribution in [-0.2, 0) is 9.59 Å². The van der Waals surface area contributed by atoms with Crippen molar-refractivity contribution in [2.24, 2.45) is 5.73 Å². The second-order valence-corrected chi connectivity index (χ2v) is 9.78. The lowest BCUT2D eigenvalue weighted by molar-refractivity contribution is -0.119. The second-order valence-electron chi connectivity index (χ2n) is 9.78. The van der Waals surface area contributed by atoms with Gasteiger partial charge in [-0.25, -0.2) is 0 Å². The van der Waals surface area contributed by atoms with Gasteiger partial charge in [0.05, 0.1) is 6.54 Å². The predicted molar refractivity (Wildman–Crippen MR) is 168 cm³/mol. The van der Waals surface area contributed by atoms with Crippen molar-refractivity contribution < 1.29 is 9.59 Å². The van der Waals surface area contributed by atoms with Crippen molar-refractivity contribution in [3.05, 3.63) is 72.9 Å². The third-order valence-corrected chi connectivity index (χ3v) is 6.00. The minimum Gasteiger partial charge on any atom is -0.370 e. The number of hydrogen-bond acceptors (Lipinski definition) is 4. The molecule has 0 bridgehead atoms. The fraction of sp³-hybridized carbons (Fsp3) is 0.545. The Labute approximate surface area is 238 Å². The number of allylic oxidation sites excluding steroid dienone is 12. The van der Waals surface area contributed by atoms with Gasteiger partial charge in [-0.3, -0.25) is 15.0 Å². The van der Waals surface area contributed by atoms with E-state index in [9.17, 15) is 9.59 Å². The average molecular weight is 539 g/mol. The standard InChI is InChI=1S/C33H54N4O2/c1-4-5-6-7-8-9-10-11-12-13-14-15-16-17-18-19-20-21-22-25-31(38)26-23-28-36(2)29-24-27-32(39)30-37(3)33(34)35/h5-6,8-9,11-12,14-15,17-18,20-21H,4,7,10,13,16,19,22-30H2,1-3H3,(H3,34,35)/b6-5-,9-8-,12-11-,15-14-,18-17-,21-20-. The summed E-state index contributed by atoms with van der Waals surface area (Å²) in [5.41, 5.74) is 5.35. The predicted octanol–water partition coefficient (Wildman–Crippen LogP) is 6.92. The van der Waals surface area contributed by atoms with Crippen molar-refractivity contribution in [1.82, 2.24) is 9.80 Å². The van der Waals surface area contributed by atoms with Gasteiger partial charge in [0.2, 0.25) is 0 Å². The maximum Gasteiger partial charge on any atom is 0.188 e. The smallest absolute Gasteiger partial charge is 0.188 e. The highest BCUT2D eigenvalue weighted by Gasteiger charge is 2.08. The molecule has 6 nitrogen and oxygen atoms in total. The van der Waals surface area contributed by atoms with E-state index >= 15 is 0 Å². The normalized spacial score (nSPS) is 12.5. The first kappa shape index (κ1) is 36.0. The van der Waals surface area contributed by atoms with Crippen LogP contribution in [0.3, 0.4) is 0 Å². The van der Waals surface area contributed by atoms with E-state index in [-0.39, 0.29) is 18.3 Å². The number of nitrogens with zero attached hydrogens (tertiary/aromatic N) is 2. The van der Waals surface area contributed by atoms with Crippen LogP contribution in [0.1, 0.15) is 84.0 Å². The summed E-state index contributed by atoms with van der Waals surface area (Å²) in [4.78, 5) is 27.6. The van der Waals surface area contributed by atoms with Gasteiger partial charge in [0, 0.05) is 26.3 Å². The van der Waals surface area contributed by atoms with E-state index in [4.69, 9.17) is 11.1 Å². The Morgan fingerprint density at radius 3 is 1.49 bits per heavy atom. The topological polar surface area (TPSA) is 90.5 Å². The van der Waals surface area contributed by atoms with Crippen molar-refractivity contribution in [3.63, 3.8) is 0 Å². The second kappa shape index (κ2) is 26.6. The van der Waals surface area contributed by atoms with Crippen molar-refractivity contribution in [2.75, 3.05) is 33.7 Å². The number of Topliss-reactive ketones (excluding diaryl/α,β-unsaturated/α-hetero) is 2. The molecule has 0 heterocycles. The van der Waals surface area contributed by atoms with E-state index in [2.05, 4.69) is 84.7 Å². The first-order chi connectivity index (χ1) is 18.9. The van der Waals surface area contributed by atoms with Crippen LogP contribution in [-0.4, -0.2) is 61.1 Å². The molecule has 39 heavy (non-hydrogen) atoms. The molecule has 0 saturated heterocycles.